The molecular weight excluding hydrogens is 536 g/mol. The smallest absolute Gasteiger partial charge is 0.0924 e. The van der Waals surface area contributed by atoms with Gasteiger partial charge in [0.1, 0.15) is 0 Å². The fraction of sp³-hybridized carbons (Fsp3) is 0.391. The topological polar surface area (TPSA) is 66.6 Å². The van der Waals surface area contributed by atoms with Crippen LogP contribution in [0.1, 0.15) is 18.3 Å². The van der Waals surface area contributed by atoms with Crippen LogP contribution in [0, 0.1) is 13.8 Å². The fourth-order valence-corrected chi connectivity index (χ4v) is 4.22. The summed E-state index contributed by atoms with van der Waals surface area (Å²) in [7, 11) is -0.819. The molecule has 4 aromatic rings. The Bertz CT molecular complexity index is 1020. The van der Waals surface area contributed by atoms with Crippen molar-refractivity contribution in [1.29, 1.82) is 0 Å². The van der Waals surface area contributed by atoms with Crippen molar-refractivity contribution in [2.45, 2.75) is 46.5 Å². The summed E-state index contributed by atoms with van der Waals surface area (Å²) in [6.07, 6.45) is 0. The fourth-order valence-electron chi connectivity index (χ4n) is 2.74. The highest BCUT2D eigenvalue weighted by Gasteiger charge is 2.11. The maximum atomic E-state index is 5.24. The van der Waals surface area contributed by atoms with Crippen LogP contribution in [0.2, 0.25) is 25.7 Å². The minimum Gasteiger partial charge on any atom is -0.382 e. The molecule has 0 amide bonds. The zero-order valence-corrected chi connectivity index (χ0v) is 23.3. The van der Waals surface area contributed by atoms with Gasteiger partial charge >= 0.3 is 0 Å². The van der Waals surface area contributed by atoms with Crippen LogP contribution in [0.4, 0.5) is 0 Å². The molecule has 2 heterocycles. The van der Waals surface area contributed by atoms with E-state index in [1.54, 1.807) is 0 Å². The second-order valence-corrected chi connectivity index (χ2v) is 16.0. The largest absolute Gasteiger partial charge is 0.382 e. The van der Waals surface area contributed by atoms with Gasteiger partial charge in [-0.05, 0) is 63.2 Å². The van der Waals surface area contributed by atoms with Gasteiger partial charge in [-0.25, -0.2) is 0 Å². The van der Waals surface area contributed by atoms with E-state index in [0.29, 0.717) is 0 Å². The molecule has 0 spiro atoms. The van der Waals surface area contributed by atoms with Crippen LogP contribution in [-0.2, 0) is 4.74 Å². The number of rotatable bonds is 4. The second-order valence-electron chi connectivity index (χ2n) is 8.53. The molecule has 0 atom stereocenters. The highest BCUT2D eigenvalue weighted by molar-refractivity contribution is 9.10. The molecule has 0 aliphatic rings. The number of ether oxygens (including phenoxy) is 1. The summed E-state index contributed by atoms with van der Waals surface area (Å²) < 4.78 is 7.43. The SMILES string of the molecule is CCOCC[Si](C)(C)C.Cc1[nH]nc2ccc(Br)cc12.Cc1[nH]nc2ccc(Br)cc12. The molecule has 0 radical (unpaired) electrons. The first-order valence-electron chi connectivity index (χ1n) is 10.4. The maximum Gasteiger partial charge on any atom is 0.0924 e. The highest BCUT2D eigenvalue weighted by Crippen LogP contribution is 2.20. The van der Waals surface area contributed by atoms with E-state index in [1.165, 1.54) is 16.8 Å². The number of halogens is 2. The van der Waals surface area contributed by atoms with Gasteiger partial charge in [0.2, 0.25) is 0 Å². The van der Waals surface area contributed by atoms with Crippen LogP contribution in [0.3, 0.4) is 0 Å². The van der Waals surface area contributed by atoms with Crippen LogP contribution in [0.25, 0.3) is 21.8 Å². The van der Waals surface area contributed by atoms with Gasteiger partial charge in [-0.15, -0.1) is 0 Å². The number of benzene rings is 2. The molecule has 0 saturated carbocycles. The monoisotopic (exact) mass is 566 g/mol. The van der Waals surface area contributed by atoms with Crippen LogP contribution in [0.15, 0.2) is 45.3 Å². The Hall–Kier alpha value is -1.48. The van der Waals surface area contributed by atoms with Crippen LogP contribution >= 0.6 is 31.9 Å². The lowest BCUT2D eigenvalue weighted by molar-refractivity contribution is 0.161. The number of fused-ring (bicyclic) bond motifs is 2. The molecule has 2 aromatic heterocycles. The van der Waals surface area contributed by atoms with E-state index in [2.05, 4.69) is 84.0 Å². The minimum absolute atomic E-state index is 0.819. The number of aromatic amines is 2. The average molecular weight is 568 g/mol. The first-order valence-corrected chi connectivity index (χ1v) is 15.7. The maximum absolute atomic E-state index is 5.24. The molecule has 8 heteroatoms. The van der Waals surface area contributed by atoms with Gasteiger partial charge in [0.05, 0.1) is 11.0 Å². The van der Waals surface area contributed by atoms with Gasteiger partial charge in [0.25, 0.3) is 0 Å². The second kappa shape index (κ2) is 11.9. The lowest BCUT2D eigenvalue weighted by Crippen LogP contribution is -2.21. The first-order chi connectivity index (χ1) is 14.6. The molecule has 2 aromatic carbocycles. The van der Waals surface area contributed by atoms with E-state index in [9.17, 15) is 0 Å². The third-order valence-electron chi connectivity index (χ3n) is 4.61. The van der Waals surface area contributed by atoms with Gasteiger partial charge in [-0.2, -0.15) is 10.2 Å². The molecule has 0 aliphatic heterocycles. The summed E-state index contributed by atoms with van der Waals surface area (Å²) in [5, 5.41) is 16.5. The summed E-state index contributed by atoms with van der Waals surface area (Å²) in [5.41, 5.74) is 4.26. The molecule has 5 nitrogen and oxygen atoms in total. The third-order valence-corrected chi connectivity index (χ3v) is 7.30. The molecule has 0 unspecified atom stereocenters. The molecule has 168 valence electrons. The highest BCUT2D eigenvalue weighted by atomic mass is 79.9. The van der Waals surface area contributed by atoms with Gasteiger partial charge in [-0.3, -0.25) is 10.2 Å². The molecule has 0 aliphatic carbocycles. The van der Waals surface area contributed by atoms with Crippen molar-refractivity contribution in [2.75, 3.05) is 13.2 Å². The van der Waals surface area contributed by atoms with Crippen LogP contribution in [0.5, 0.6) is 0 Å². The third kappa shape index (κ3) is 8.52. The quantitative estimate of drug-likeness (QED) is 0.197. The summed E-state index contributed by atoms with van der Waals surface area (Å²) in [4.78, 5) is 0. The lowest BCUT2D eigenvalue weighted by atomic mass is 10.2. The predicted octanol–water partition coefficient (Wildman–Crippen LogP) is 7.63. The zero-order chi connectivity index (χ0) is 23.0. The predicted molar refractivity (Wildman–Crippen MR) is 142 cm³/mol. The van der Waals surface area contributed by atoms with E-state index in [0.717, 1.165) is 44.6 Å². The number of nitrogens with one attached hydrogen (secondary N) is 2. The Balaban J connectivity index is 0.000000167. The first kappa shape index (κ1) is 25.8. The normalized spacial score (nSPS) is 11.1. The van der Waals surface area contributed by atoms with Crippen molar-refractivity contribution in [3.63, 3.8) is 0 Å². The van der Waals surface area contributed by atoms with Gasteiger partial charge in [0.15, 0.2) is 0 Å². The van der Waals surface area contributed by atoms with Gasteiger partial charge < -0.3 is 4.74 Å². The van der Waals surface area contributed by atoms with E-state index in [-0.39, 0.29) is 0 Å². The van der Waals surface area contributed by atoms with Crippen molar-refractivity contribution in [2.24, 2.45) is 0 Å². The van der Waals surface area contributed by atoms with Crippen molar-refractivity contribution in [1.82, 2.24) is 20.4 Å². The molecule has 0 fully saturated rings. The Labute approximate surface area is 202 Å². The van der Waals surface area contributed by atoms with E-state index in [1.807, 2.05) is 45.0 Å². The molecular formula is C23H32Br2N4OSi. The van der Waals surface area contributed by atoms with Crippen molar-refractivity contribution in [3.8, 4) is 0 Å². The Morgan fingerprint density at radius 3 is 1.68 bits per heavy atom. The van der Waals surface area contributed by atoms with E-state index >= 15 is 0 Å². The molecule has 31 heavy (non-hydrogen) atoms. The molecule has 2 N–H and O–H groups in total. The van der Waals surface area contributed by atoms with Gasteiger partial charge in [-0.1, -0.05) is 51.5 Å². The van der Waals surface area contributed by atoms with E-state index < -0.39 is 8.07 Å². The number of nitrogens with zero attached hydrogens (tertiary/aromatic N) is 2. The lowest BCUT2D eigenvalue weighted by Gasteiger charge is -2.14. The number of aryl methyl sites for hydroxylation is 2. The Morgan fingerprint density at radius 2 is 1.29 bits per heavy atom. The van der Waals surface area contributed by atoms with Crippen LogP contribution < -0.4 is 0 Å². The number of hydrogen-bond acceptors (Lipinski definition) is 3. The molecule has 0 saturated heterocycles. The minimum atomic E-state index is -0.819. The standard InChI is InChI=1S/2C8H7BrN2.C7H18OSi/c2*1-5-7-4-6(9)2-3-8(7)11-10-5;1-5-8-6-7-9(2,3)4/h2*2-4H,1H3,(H,10,11);5-7H2,1-4H3. The number of H-pyrrole nitrogens is 2. The van der Waals surface area contributed by atoms with Crippen molar-refractivity contribution in [3.05, 3.63) is 56.7 Å². The number of hydrogen-bond donors (Lipinski definition) is 2. The zero-order valence-electron chi connectivity index (χ0n) is 19.1. The summed E-state index contributed by atoms with van der Waals surface area (Å²) in [5.74, 6) is 0. The summed E-state index contributed by atoms with van der Waals surface area (Å²) >= 11 is 6.82. The summed E-state index contributed by atoms with van der Waals surface area (Å²) in [6, 6.07) is 13.4. The average Bonchev–Trinajstić information content (AvgIpc) is 3.25. The van der Waals surface area contributed by atoms with Crippen molar-refractivity contribution >= 4 is 61.7 Å². The Morgan fingerprint density at radius 1 is 0.839 bits per heavy atom. The number of aromatic nitrogens is 4. The van der Waals surface area contributed by atoms with Crippen LogP contribution in [-0.4, -0.2) is 41.7 Å². The summed E-state index contributed by atoms with van der Waals surface area (Å²) in [6.45, 7) is 15.0. The molecule has 4 rings (SSSR count). The van der Waals surface area contributed by atoms with E-state index in [4.69, 9.17) is 4.74 Å². The van der Waals surface area contributed by atoms with Crippen molar-refractivity contribution < 1.29 is 4.74 Å². The van der Waals surface area contributed by atoms with Gasteiger partial charge in [0, 0.05) is 52.4 Å². The Kier molecular flexibility index (Phi) is 9.93. The molecule has 0 bridgehead atoms.